The molecule has 116 valence electrons. The van der Waals surface area contributed by atoms with Crippen molar-refractivity contribution in [2.45, 2.75) is 52.9 Å². The molecule has 0 aromatic carbocycles. The SMILES string of the molecule is CCCCCNC(=O)N1CCCC(C(C)(C)C(=O)O)C1. The summed E-state index contributed by atoms with van der Waals surface area (Å²) in [7, 11) is 0. The van der Waals surface area contributed by atoms with Gasteiger partial charge in [-0.1, -0.05) is 19.8 Å². The average molecular weight is 284 g/mol. The highest BCUT2D eigenvalue weighted by atomic mass is 16.4. The standard InChI is InChI=1S/C15H28N2O3/c1-4-5-6-9-16-14(20)17-10-7-8-12(11-17)15(2,3)13(18)19/h12H,4-11H2,1-3H3,(H,16,20)(H,18,19). The van der Waals surface area contributed by atoms with Gasteiger partial charge >= 0.3 is 12.0 Å². The van der Waals surface area contributed by atoms with Gasteiger partial charge in [-0.15, -0.1) is 0 Å². The lowest BCUT2D eigenvalue weighted by Crippen LogP contribution is -2.50. The van der Waals surface area contributed by atoms with E-state index in [2.05, 4.69) is 12.2 Å². The lowest BCUT2D eigenvalue weighted by atomic mass is 9.74. The average Bonchev–Trinajstić information content (AvgIpc) is 2.43. The molecule has 0 saturated carbocycles. The molecule has 1 fully saturated rings. The van der Waals surface area contributed by atoms with Gasteiger partial charge in [-0.2, -0.15) is 0 Å². The molecule has 1 aliphatic rings. The van der Waals surface area contributed by atoms with Crippen LogP contribution >= 0.6 is 0 Å². The maximum Gasteiger partial charge on any atom is 0.317 e. The van der Waals surface area contributed by atoms with Gasteiger partial charge in [0.2, 0.25) is 0 Å². The molecule has 1 atom stereocenters. The zero-order valence-corrected chi connectivity index (χ0v) is 12.9. The van der Waals surface area contributed by atoms with Gasteiger partial charge in [-0.05, 0) is 39.0 Å². The van der Waals surface area contributed by atoms with E-state index in [0.29, 0.717) is 13.1 Å². The fraction of sp³-hybridized carbons (Fsp3) is 0.867. The molecular weight excluding hydrogens is 256 g/mol. The molecule has 5 heteroatoms. The first-order valence-corrected chi connectivity index (χ1v) is 7.65. The summed E-state index contributed by atoms with van der Waals surface area (Å²) in [5.41, 5.74) is -0.777. The quantitative estimate of drug-likeness (QED) is 0.737. The lowest BCUT2D eigenvalue weighted by molar-refractivity contribution is -0.151. The van der Waals surface area contributed by atoms with Gasteiger partial charge in [0.15, 0.2) is 0 Å². The van der Waals surface area contributed by atoms with E-state index in [1.807, 2.05) is 0 Å². The van der Waals surface area contributed by atoms with Gasteiger partial charge in [-0.25, -0.2) is 4.79 Å². The predicted octanol–water partition coefficient (Wildman–Crippen LogP) is 2.71. The first-order chi connectivity index (χ1) is 9.39. The van der Waals surface area contributed by atoms with E-state index in [-0.39, 0.29) is 11.9 Å². The minimum Gasteiger partial charge on any atom is -0.481 e. The summed E-state index contributed by atoms with van der Waals surface area (Å²) >= 11 is 0. The number of unbranched alkanes of at least 4 members (excludes halogenated alkanes) is 2. The van der Waals surface area contributed by atoms with Gasteiger partial charge in [-0.3, -0.25) is 4.79 Å². The maximum absolute atomic E-state index is 12.1. The molecule has 2 N–H and O–H groups in total. The lowest BCUT2D eigenvalue weighted by Gasteiger charge is -2.39. The molecule has 1 saturated heterocycles. The van der Waals surface area contributed by atoms with E-state index in [0.717, 1.165) is 38.6 Å². The molecule has 1 unspecified atom stereocenters. The van der Waals surface area contributed by atoms with Crippen molar-refractivity contribution in [1.82, 2.24) is 10.2 Å². The molecule has 1 heterocycles. The molecule has 0 aliphatic carbocycles. The third kappa shape index (κ3) is 4.39. The van der Waals surface area contributed by atoms with E-state index in [9.17, 15) is 14.7 Å². The van der Waals surface area contributed by atoms with Crippen molar-refractivity contribution in [3.63, 3.8) is 0 Å². The number of hydrogen-bond donors (Lipinski definition) is 2. The van der Waals surface area contributed by atoms with E-state index in [1.54, 1.807) is 18.7 Å². The molecule has 1 rings (SSSR count). The van der Waals surface area contributed by atoms with E-state index in [4.69, 9.17) is 0 Å². The second kappa shape index (κ2) is 7.50. The number of amides is 2. The number of carbonyl (C=O) groups is 2. The Morgan fingerprint density at radius 1 is 1.35 bits per heavy atom. The van der Waals surface area contributed by atoms with Crippen LogP contribution in [0.4, 0.5) is 4.79 Å². The zero-order valence-electron chi connectivity index (χ0n) is 12.9. The number of aliphatic carboxylic acids is 1. The summed E-state index contributed by atoms with van der Waals surface area (Å²) in [6.07, 6.45) is 5.01. The van der Waals surface area contributed by atoms with Crippen molar-refractivity contribution >= 4 is 12.0 Å². The number of nitrogens with one attached hydrogen (secondary N) is 1. The van der Waals surface area contributed by atoms with Crippen LogP contribution in [0.25, 0.3) is 0 Å². The van der Waals surface area contributed by atoms with Crippen LogP contribution in [-0.4, -0.2) is 41.6 Å². The minimum absolute atomic E-state index is 0.0233. The summed E-state index contributed by atoms with van der Waals surface area (Å²) in [6, 6.07) is -0.0491. The molecule has 0 radical (unpaired) electrons. The molecule has 2 amide bonds. The van der Waals surface area contributed by atoms with Crippen molar-refractivity contribution in [2.24, 2.45) is 11.3 Å². The van der Waals surface area contributed by atoms with Crippen molar-refractivity contribution in [2.75, 3.05) is 19.6 Å². The molecule has 20 heavy (non-hydrogen) atoms. The number of carbonyl (C=O) groups excluding carboxylic acids is 1. The smallest absolute Gasteiger partial charge is 0.317 e. The summed E-state index contributed by atoms with van der Waals surface area (Å²) < 4.78 is 0. The first-order valence-electron chi connectivity index (χ1n) is 7.65. The summed E-state index contributed by atoms with van der Waals surface area (Å²) in [5.74, 6) is -0.761. The maximum atomic E-state index is 12.1. The number of urea groups is 1. The molecule has 0 spiro atoms. The highest BCUT2D eigenvalue weighted by Crippen LogP contribution is 2.34. The Morgan fingerprint density at radius 2 is 2.05 bits per heavy atom. The van der Waals surface area contributed by atoms with E-state index in [1.165, 1.54) is 0 Å². The first kappa shape index (κ1) is 16.8. The number of likely N-dealkylation sites (tertiary alicyclic amines) is 1. The Kier molecular flexibility index (Phi) is 6.30. The van der Waals surface area contributed by atoms with Crippen molar-refractivity contribution < 1.29 is 14.7 Å². The van der Waals surface area contributed by atoms with Crippen LogP contribution in [0.15, 0.2) is 0 Å². The van der Waals surface area contributed by atoms with Crippen molar-refractivity contribution in [3.8, 4) is 0 Å². The third-order valence-corrected chi connectivity index (χ3v) is 4.34. The second-order valence-electron chi connectivity index (χ2n) is 6.25. The fourth-order valence-corrected chi connectivity index (χ4v) is 2.61. The summed E-state index contributed by atoms with van der Waals surface area (Å²) in [4.78, 5) is 25.2. The molecule has 0 aromatic heterocycles. The molecule has 0 aromatic rings. The number of hydrogen-bond acceptors (Lipinski definition) is 2. The van der Waals surface area contributed by atoms with Gasteiger partial charge < -0.3 is 15.3 Å². The van der Waals surface area contributed by atoms with Crippen LogP contribution in [0.5, 0.6) is 0 Å². The summed E-state index contributed by atoms with van der Waals surface area (Å²) in [5, 5.41) is 12.2. The number of nitrogens with zero attached hydrogens (tertiary/aromatic N) is 1. The second-order valence-corrected chi connectivity index (χ2v) is 6.25. The fourth-order valence-electron chi connectivity index (χ4n) is 2.61. The van der Waals surface area contributed by atoms with Crippen molar-refractivity contribution in [3.05, 3.63) is 0 Å². The number of rotatable bonds is 6. The predicted molar refractivity (Wildman–Crippen MR) is 78.6 cm³/mol. The molecule has 0 bridgehead atoms. The topological polar surface area (TPSA) is 69.6 Å². The van der Waals surface area contributed by atoms with Gasteiger partial charge in [0.05, 0.1) is 5.41 Å². The highest BCUT2D eigenvalue weighted by Gasteiger charge is 2.39. The van der Waals surface area contributed by atoms with Crippen LogP contribution < -0.4 is 5.32 Å². The number of carboxylic acid groups (broad SMARTS) is 1. The molecule has 5 nitrogen and oxygen atoms in total. The number of piperidine rings is 1. The van der Waals surface area contributed by atoms with Crippen molar-refractivity contribution in [1.29, 1.82) is 0 Å². The Hall–Kier alpha value is -1.26. The van der Waals surface area contributed by atoms with Crippen LogP contribution in [0.3, 0.4) is 0 Å². The Labute approximate surface area is 121 Å². The molecule has 1 aliphatic heterocycles. The third-order valence-electron chi connectivity index (χ3n) is 4.34. The van der Waals surface area contributed by atoms with Crippen LogP contribution in [0.2, 0.25) is 0 Å². The number of carboxylic acids is 1. The zero-order chi connectivity index (χ0) is 15.2. The van der Waals surface area contributed by atoms with E-state index < -0.39 is 11.4 Å². The van der Waals surface area contributed by atoms with Crippen LogP contribution in [-0.2, 0) is 4.79 Å². The summed E-state index contributed by atoms with van der Waals surface area (Å²) in [6.45, 7) is 7.61. The van der Waals surface area contributed by atoms with E-state index >= 15 is 0 Å². The largest absolute Gasteiger partial charge is 0.481 e. The molecular formula is C15H28N2O3. The normalized spacial score (nSPS) is 19.8. The van der Waals surface area contributed by atoms with Gasteiger partial charge in [0.1, 0.15) is 0 Å². The monoisotopic (exact) mass is 284 g/mol. The van der Waals surface area contributed by atoms with Gasteiger partial charge in [0, 0.05) is 19.6 Å². The minimum atomic E-state index is -0.785. The van der Waals surface area contributed by atoms with Crippen LogP contribution in [0, 0.1) is 11.3 Å². The van der Waals surface area contributed by atoms with Crippen LogP contribution in [0.1, 0.15) is 52.9 Å². The Morgan fingerprint density at radius 3 is 2.65 bits per heavy atom. The highest BCUT2D eigenvalue weighted by molar-refractivity contribution is 5.76. The Bertz CT molecular complexity index is 342. The Balaban J connectivity index is 2.48. The van der Waals surface area contributed by atoms with Gasteiger partial charge in [0.25, 0.3) is 0 Å².